The SMILES string of the molecule is NCCCC[C@H](NC(=O)O)C(=O)N1CCc2cccc(OCC3CCCN3c3ncnc4nc[nH]c34)c2C1. The number of carbonyl (C=O) groups is 2. The van der Waals surface area contributed by atoms with Gasteiger partial charge in [0.05, 0.1) is 12.4 Å². The fourth-order valence-corrected chi connectivity index (χ4v) is 5.44. The Bertz CT molecular complexity index is 1280. The first-order valence-corrected chi connectivity index (χ1v) is 13.2. The Morgan fingerprint density at radius 2 is 2.13 bits per heavy atom. The number of unbranched alkanes of at least 4 members (excludes halogenated alkanes) is 1. The van der Waals surface area contributed by atoms with Gasteiger partial charge in [0.15, 0.2) is 11.5 Å². The second-order valence-electron chi connectivity index (χ2n) is 9.79. The zero-order valence-electron chi connectivity index (χ0n) is 21.3. The molecule has 2 atom stereocenters. The van der Waals surface area contributed by atoms with Gasteiger partial charge in [-0.25, -0.2) is 19.7 Å². The highest BCUT2D eigenvalue weighted by atomic mass is 16.5. The predicted molar refractivity (Wildman–Crippen MR) is 141 cm³/mol. The van der Waals surface area contributed by atoms with Crippen molar-refractivity contribution in [1.29, 1.82) is 0 Å². The summed E-state index contributed by atoms with van der Waals surface area (Å²) in [6.07, 6.45) is 6.51. The van der Waals surface area contributed by atoms with E-state index in [1.807, 2.05) is 12.1 Å². The van der Waals surface area contributed by atoms with Gasteiger partial charge in [0.25, 0.3) is 0 Å². The van der Waals surface area contributed by atoms with Gasteiger partial charge in [-0.1, -0.05) is 12.1 Å². The van der Waals surface area contributed by atoms with Crippen LogP contribution in [0.4, 0.5) is 10.6 Å². The Hall–Kier alpha value is -3.93. The molecule has 12 heteroatoms. The molecule has 0 spiro atoms. The molecular weight excluding hydrogens is 488 g/mol. The van der Waals surface area contributed by atoms with Gasteiger partial charge < -0.3 is 35.7 Å². The maximum atomic E-state index is 13.3. The molecule has 1 fully saturated rings. The van der Waals surface area contributed by atoms with Crippen LogP contribution in [0.2, 0.25) is 0 Å². The molecule has 38 heavy (non-hydrogen) atoms. The number of ether oxygens (including phenoxy) is 1. The third-order valence-electron chi connectivity index (χ3n) is 7.37. The number of rotatable bonds is 10. The molecule has 5 rings (SSSR count). The van der Waals surface area contributed by atoms with Crippen LogP contribution in [0.1, 0.15) is 43.2 Å². The van der Waals surface area contributed by atoms with Crippen molar-refractivity contribution in [1.82, 2.24) is 30.2 Å². The number of imidazole rings is 1. The van der Waals surface area contributed by atoms with Crippen LogP contribution in [0, 0.1) is 0 Å². The van der Waals surface area contributed by atoms with Crippen molar-refractivity contribution < 1.29 is 19.4 Å². The number of anilines is 1. The highest BCUT2D eigenvalue weighted by Crippen LogP contribution is 2.32. The van der Waals surface area contributed by atoms with Crippen molar-refractivity contribution in [3.63, 3.8) is 0 Å². The topological polar surface area (TPSA) is 163 Å². The molecule has 0 saturated carbocycles. The number of benzene rings is 1. The second kappa shape index (κ2) is 11.6. The van der Waals surface area contributed by atoms with E-state index >= 15 is 0 Å². The maximum absolute atomic E-state index is 13.3. The lowest BCUT2D eigenvalue weighted by Crippen LogP contribution is -2.49. The standard InChI is InChI=1S/C26H34N8O4/c27-10-2-1-7-20(32-26(36)37)25(35)33-12-9-17-5-3-8-21(19(17)13-33)38-14-18-6-4-11-34(18)24-22-23(29-15-28-22)30-16-31-24/h3,5,8,15-16,18,20,32H,1-2,4,6-7,9-14,27H2,(H,36,37)(H,28,29,30,31)/t18?,20-/m0/s1. The number of hydrogen-bond acceptors (Lipinski definition) is 8. The number of H-pyrrole nitrogens is 1. The van der Waals surface area contributed by atoms with Crippen molar-refractivity contribution in [3.8, 4) is 5.75 Å². The smallest absolute Gasteiger partial charge is 0.405 e. The number of aromatic amines is 1. The number of nitrogens with one attached hydrogen (secondary N) is 2. The first-order chi connectivity index (χ1) is 18.5. The molecule has 0 bridgehead atoms. The van der Waals surface area contributed by atoms with E-state index in [-0.39, 0.29) is 11.9 Å². The molecule has 2 amide bonds. The zero-order valence-corrected chi connectivity index (χ0v) is 21.3. The van der Waals surface area contributed by atoms with Gasteiger partial charge in [-0.2, -0.15) is 0 Å². The van der Waals surface area contributed by atoms with Crippen LogP contribution in [0.3, 0.4) is 0 Å². The van der Waals surface area contributed by atoms with Crippen molar-refractivity contribution >= 4 is 29.0 Å². The van der Waals surface area contributed by atoms with Crippen LogP contribution in [0.25, 0.3) is 11.2 Å². The van der Waals surface area contributed by atoms with Crippen LogP contribution in [0.15, 0.2) is 30.9 Å². The van der Waals surface area contributed by atoms with Gasteiger partial charge in [-0.15, -0.1) is 0 Å². The Labute approximate surface area is 220 Å². The molecule has 5 N–H and O–H groups in total. The molecule has 1 unspecified atom stereocenters. The molecule has 1 saturated heterocycles. The number of amides is 2. The Morgan fingerprint density at radius 1 is 1.24 bits per heavy atom. The van der Waals surface area contributed by atoms with Crippen molar-refractivity contribution in [2.75, 3.05) is 31.1 Å². The molecular formula is C26H34N8O4. The number of hydrogen-bond donors (Lipinski definition) is 4. The van der Waals surface area contributed by atoms with Crippen LogP contribution in [-0.2, 0) is 17.8 Å². The van der Waals surface area contributed by atoms with Crippen LogP contribution in [-0.4, -0.2) is 80.3 Å². The first-order valence-electron chi connectivity index (χ1n) is 13.2. The summed E-state index contributed by atoms with van der Waals surface area (Å²) in [5.41, 5.74) is 9.17. The zero-order chi connectivity index (χ0) is 26.5. The summed E-state index contributed by atoms with van der Waals surface area (Å²) in [5.74, 6) is 1.38. The third-order valence-corrected chi connectivity index (χ3v) is 7.37. The second-order valence-corrected chi connectivity index (χ2v) is 9.79. The summed E-state index contributed by atoms with van der Waals surface area (Å²) in [6.45, 7) is 2.78. The normalized spacial score (nSPS) is 17.9. The van der Waals surface area contributed by atoms with E-state index in [4.69, 9.17) is 10.5 Å². The highest BCUT2D eigenvalue weighted by molar-refractivity contribution is 5.85. The third kappa shape index (κ3) is 5.49. The van der Waals surface area contributed by atoms with Gasteiger partial charge >= 0.3 is 6.09 Å². The summed E-state index contributed by atoms with van der Waals surface area (Å²) in [4.78, 5) is 44.8. The number of nitrogens with zero attached hydrogens (tertiary/aromatic N) is 5. The van der Waals surface area contributed by atoms with E-state index in [1.165, 1.54) is 6.33 Å². The molecule has 2 aromatic heterocycles. The lowest BCUT2D eigenvalue weighted by molar-refractivity contribution is -0.134. The lowest BCUT2D eigenvalue weighted by Gasteiger charge is -2.33. The highest BCUT2D eigenvalue weighted by Gasteiger charge is 2.31. The molecule has 1 aromatic carbocycles. The van der Waals surface area contributed by atoms with E-state index in [1.54, 1.807) is 11.2 Å². The van der Waals surface area contributed by atoms with Gasteiger partial charge in [-0.05, 0) is 56.7 Å². The lowest BCUT2D eigenvalue weighted by atomic mass is 9.97. The van der Waals surface area contributed by atoms with Gasteiger partial charge in [0.1, 0.15) is 30.2 Å². The van der Waals surface area contributed by atoms with E-state index < -0.39 is 12.1 Å². The number of carboxylic acid groups (broad SMARTS) is 1. The van der Waals surface area contributed by atoms with Crippen LogP contribution in [0.5, 0.6) is 5.75 Å². The molecule has 2 aliphatic rings. The molecule has 202 valence electrons. The monoisotopic (exact) mass is 522 g/mol. The molecule has 3 aromatic rings. The van der Waals surface area contributed by atoms with E-state index in [0.29, 0.717) is 51.2 Å². The largest absolute Gasteiger partial charge is 0.491 e. The number of carbonyl (C=O) groups excluding carboxylic acids is 1. The summed E-state index contributed by atoms with van der Waals surface area (Å²) in [5, 5.41) is 11.7. The first kappa shape index (κ1) is 25.7. The minimum Gasteiger partial charge on any atom is -0.491 e. The Kier molecular flexibility index (Phi) is 7.87. The number of nitrogens with two attached hydrogens (primary N) is 1. The van der Waals surface area contributed by atoms with Crippen molar-refractivity contribution in [2.45, 2.75) is 57.2 Å². The molecule has 12 nitrogen and oxygen atoms in total. The number of aromatic nitrogens is 4. The minimum absolute atomic E-state index is 0.139. The van der Waals surface area contributed by atoms with Gasteiger partial charge in [0.2, 0.25) is 5.91 Å². The van der Waals surface area contributed by atoms with E-state index in [9.17, 15) is 14.7 Å². The fourth-order valence-electron chi connectivity index (χ4n) is 5.44. The summed E-state index contributed by atoms with van der Waals surface area (Å²) >= 11 is 0. The summed E-state index contributed by atoms with van der Waals surface area (Å²) < 4.78 is 6.39. The molecule has 0 radical (unpaired) electrons. The average molecular weight is 523 g/mol. The van der Waals surface area contributed by atoms with Crippen LogP contribution < -0.4 is 20.7 Å². The fraction of sp³-hybridized carbons (Fsp3) is 0.500. The average Bonchev–Trinajstić information content (AvgIpc) is 3.60. The molecule has 0 aliphatic carbocycles. The predicted octanol–water partition coefficient (Wildman–Crippen LogP) is 2.05. The quantitative estimate of drug-likeness (QED) is 0.292. The molecule has 4 heterocycles. The van der Waals surface area contributed by atoms with Crippen LogP contribution >= 0.6 is 0 Å². The van der Waals surface area contributed by atoms with Crippen molar-refractivity contribution in [3.05, 3.63) is 42.0 Å². The van der Waals surface area contributed by atoms with Gasteiger partial charge in [0, 0.05) is 25.2 Å². The van der Waals surface area contributed by atoms with Crippen molar-refractivity contribution in [2.24, 2.45) is 5.73 Å². The Morgan fingerprint density at radius 3 is 2.97 bits per heavy atom. The minimum atomic E-state index is -1.20. The van der Waals surface area contributed by atoms with Gasteiger partial charge in [-0.3, -0.25) is 4.79 Å². The Balaban J connectivity index is 1.28. The maximum Gasteiger partial charge on any atom is 0.405 e. The summed E-state index contributed by atoms with van der Waals surface area (Å²) in [6, 6.07) is 5.35. The summed E-state index contributed by atoms with van der Waals surface area (Å²) in [7, 11) is 0. The molecule has 2 aliphatic heterocycles. The number of fused-ring (bicyclic) bond motifs is 2. The van der Waals surface area contributed by atoms with E-state index in [0.717, 1.165) is 54.0 Å². The van der Waals surface area contributed by atoms with E-state index in [2.05, 4.69) is 36.2 Å².